The zero-order chi connectivity index (χ0) is 7.28. The van der Waals surface area contributed by atoms with Crippen molar-refractivity contribution in [2.75, 3.05) is 13.6 Å². The van der Waals surface area contributed by atoms with Gasteiger partial charge in [0.25, 0.3) is 0 Å². The highest BCUT2D eigenvalue weighted by molar-refractivity contribution is 5.73. The van der Waals surface area contributed by atoms with Crippen molar-refractivity contribution in [1.29, 1.82) is 0 Å². The number of rotatable bonds is 2. The number of carbonyl (C=O) groups is 1. The highest BCUT2D eigenvalue weighted by Gasteiger charge is 2.01. The molecule has 0 saturated carbocycles. The van der Waals surface area contributed by atoms with Crippen LogP contribution in [0, 0.1) is 0 Å². The summed E-state index contributed by atoms with van der Waals surface area (Å²) in [5.74, 6) is 0. The highest BCUT2D eigenvalue weighted by Crippen LogP contribution is 1.80. The van der Waals surface area contributed by atoms with Crippen molar-refractivity contribution >= 4 is 12.7 Å². The Balaban J connectivity index is 3.58. The molecule has 0 atom stereocenters. The summed E-state index contributed by atoms with van der Waals surface area (Å²) in [5, 5.41) is 3.21. The first-order valence-corrected chi connectivity index (χ1v) is 2.69. The number of hydrogen-bond acceptors (Lipinski definition) is 2. The van der Waals surface area contributed by atoms with E-state index in [4.69, 9.17) is 0 Å². The highest BCUT2D eigenvalue weighted by atomic mass is 16.2. The molecule has 0 rings (SSSR count). The summed E-state index contributed by atoms with van der Waals surface area (Å²) in [6, 6.07) is -0.229. The summed E-state index contributed by atoms with van der Waals surface area (Å²) in [6.45, 7) is 5.65. The molecule has 0 heterocycles. The number of nitrogens with zero attached hydrogens (tertiary/aromatic N) is 2. The molecule has 0 spiro atoms. The predicted octanol–water partition coefficient (Wildman–Crippen LogP) is 0.263. The smallest absolute Gasteiger partial charge is 0.327 e. The second kappa shape index (κ2) is 3.88. The van der Waals surface area contributed by atoms with E-state index in [9.17, 15) is 4.79 Å². The van der Waals surface area contributed by atoms with Crippen molar-refractivity contribution in [2.24, 2.45) is 5.10 Å². The van der Waals surface area contributed by atoms with Crippen LogP contribution in [0.25, 0.3) is 0 Å². The molecule has 0 radical (unpaired) electrons. The van der Waals surface area contributed by atoms with E-state index in [0.717, 1.165) is 0 Å². The Hall–Kier alpha value is -1.06. The minimum atomic E-state index is -0.229. The molecule has 0 aromatic carbocycles. The lowest BCUT2D eigenvalue weighted by Gasteiger charge is -2.11. The van der Waals surface area contributed by atoms with Crippen LogP contribution in [0.15, 0.2) is 5.10 Å². The van der Waals surface area contributed by atoms with Gasteiger partial charge in [-0.1, -0.05) is 0 Å². The van der Waals surface area contributed by atoms with Gasteiger partial charge in [-0.25, -0.2) is 10.2 Å². The van der Waals surface area contributed by atoms with E-state index in [2.05, 4.69) is 17.2 Å². The number of hydrogen-bond donors (Lipinski definition) is 1. The molecular weight excluding hydrogens is 118 g/mol. The van der Waals surface area contributed by atoms with Crippen LogP contribution in [0.1, 0.15) is 6.92 Å². The molecule has 4 heteroatoms. The lowest BCUT2D eigenvalue weighted by atomic mass is 10.6. The predicted molar refractivity (Wildman–Crippen MR) is 36.4 cm³/mol. The van der Waals surface area contributed by atoms with Crippen molar-refractivity contribution in [2.45, 2.75) is 6.92 Å². The van der Waals surface area contributed by atoms with Gasteiger partial charge in [-0.15, -0.1) is 0 Å². The number of amides is 2. The van der Waals surface area contributed by atoms with Crippen LogP contribution in [-0.4, -0.2) is 31.2 Å². The molecule has 52 valence electrons. The average Bonchev–Trinajstić information content (AvgIpc) is 1.87. The zero-order valence-electron chi connectivity index (χ0n) is 5.72. The Morgan fingerprint density at radius 3 is 2.78 bits per heavy atom. The quantitative estimate of drug-likeness (QED) is 0.422. The van der Waals surface area contributed by atoms with Crippen molar-refractivity contribution in [3.05, 3.63) is 0 Å². The fourth-order valence-corrected chi connectivity index (χ4v) is 0.297. The van der Waals surface area contributed by atoms with E-state index in [1.807, 2.05) is 6.92 Å². The topological polar surface area (TPSA) is 44.7 Å². The average molecular weight is 129 g/mol. The van der Waals surface area contributed by atoms with Crippen LogP contribution in [-0.2, 0) is 0 Å². The van der Waals surface area contributed by atoms with Gasteiger partial charge in [0.05, 0.1) is 0 Å². The monoisotopic (exact) mass is 129 g/mol. The lowest BCUT2D eigenvalue weighted by Crippen LogP contribution is -2.33. The van der Waals surface area contributed by atoms with Gasteiger partial charge in [-0.2, -0.15) is 5.10 Å². The fraction of sp³-hybridized carbons (Fsp3) is 0.600. The van der Waals surface area contributed by atoms with Gasteiger partial charge < -0.3 is 4.90 Å². The third-order valence-corrected chi connectivity index (χ3v) is 0.996. The van der Waals surface area contributed by atoms with Gasteiger partial charge in [0.15, 0.2) is 0 Å². The molecule has 0 aromatic rings. The standard InChI is InChI=1S/C5H11N3O/c1-4-8(3)5(9)7-6-2/h2,4H2,1,3H3,(H,7,9). The van der Waals surface area contributed by atoms with E-state index in [0.29, 0.717) is 6.54 Å². The van der Waals surface area contributed by atoms with Crippen molar-refractivity contribution < 1.29 is 4.79 Å². The van der Waals surface area contributed by atoms with Gasteiger partial charge in [0.1, 0.15) is 0 Å². The van der Waals surface area contributed by atoms with E-state index in [1.165, 1.54) is 4.90 Å². The molecule has 0 bridgehead atoms. The molecule has 4 nitrogen and oxygen atoms in total. The molecule has 0 aliphatic carbocycles. The summed E-state index contributed by atoms with van der Waals surface area (Å²) >= 11 is 0. The Labute approximate surface area is 54.5 Å². The maximum atomic E-state index is 10.7. The van der Waals surface area contributed by atoms with E-state index < -0.39 is 0 Å². The van der Waals surface area contributed by atoms with E-state index in [-0.39, 0.29) is 6.03 Å². The molecule has 0 aliphatic rings. The van der Waals surface area contributed by atoms with Gasteiger partial charge >= 0.3 is 6.03 Å². The van der Waals surface area contributed by atoms with Gasteiger partial charge in [0.2, 0.25) is 0 Å². The summed E-state index contributed by atoms with van der Waals surface area (Å²) in [6.07, 6.45) is 0. The molecule has 9 heavy (non-hydrogen) atoms. The third-order valence-electron chi connectivity index (χ3n) is 0.996. The second-order valence-electron chi connectivity index (χ2n) is 1.59. The lowest BCUT2D eigenvalue weighted by molar-refractivity contribution is 0.211. The number of carbonyl (C=O) groups excluding carboxylic acids is 1. The molecule has 0 saturated heterocycles. The van der Waals surface area contributed by atoms with Crippen LogP contribution in [0.5, 0.6) is 0 Å². The van der Waals surface area contributed by atoms with Gasteiger partial charge in [-0.3, -0.25) is 0 Å². The molecule has 0 fully saturated rings. The van der Waals surface area contributed by atoms with Crippen molar-refractivity contribution in [3.8, 4) is 0 Å². The Morgan fingerprint density at radius 1 is 1.89 bits per heavy atom. The fourth-order valence-electron chi connectivity index (χ4n) is 0.297. The number of nitrogens with one attached hydrogen (secondary N) is 1. The first kappa shape index (κ1) is 7.94. The van der Waals surface area contributed by atoms with Crippen molar-refractivity contribution in [1.82, 2.24) is 10.3 Å². The largest absolute Gasteiger partial charge is 0.337 e. The second-order valence-corrected chi connectivity index (χ2v) is 1.59. The molecule has 0 unspecified atom stereocenters. The number of urea groups is 1. The molecule has 0 aromatic heterocycles. The SMILES string of the molecule is C=NNC(=O)N(C)CC. The third kappa shape index (κ3) is 2.69. The van der Waals surface area contributed by atoms with Crippen LogP contribution in [0.4, 0.5) is 4.79 Å². The minimum Gasteiger partial charge on any atom is -0.327 e. The summed E-state index contributed by atoms with van der Waals surface area (Å²) in [5.41, 5.74) is 2.20. The first-order valence-electron chi connectivity index (χ1n) is 2.69. The molecule has 1 N–H and O–H groups in total. The summed E-state index contributed by atoms with van der Waals surface area (Å²) in [7, 11) is 1.68. The Kier molecular flexibility index (Phi) is 3.43. The Bertz CT molecular complexity index is 113. The zero-order valence-corrected chi connectivity index (χ0v) is 5.72. The number of hydrazone groups is 1. The van der Waals surface area contributed by atoms with Crippen LogP contribution >= 0.6 is 0 Å². The van der Waals surface area contributed by atoms with Crippen LogP contribution in [0.3, 0.4) is 0 Å². The maximum absolute atomic E-state index is 10.7. The van der Waals surface area contributed by atoms with Crippen LogP contribution < -0.4 is 5.43 Å². The summed E-state index contributed by atoms with van der Waals surface area (Å²) < 4.78 is 0. The normalized spacial score (nSPS) is 8.22. The van der Waals surface area contributed by atoms with Gasteiger partial charge in [0, 0.05) is 20.3 Å². The first-order chi connectivity index (χ1) is 4.22. The van der Waals surface area contributed by atoms with E-state index >= 15 is 0 Å². The maximum Gasteiger partial charge on any atom is 0.337 e. The van der Waals surface area contributed by atoms with E-state index in [1.54, 1.807) is 7.05 Å². The molecular formula is C5H11N3O. The van der Waals surface area contributed by atoms with Gasteiger partial charge in [-0.05, 0) is 6.92 Å². The summed E-state index contributed by atoms with van der Waals surface area (Å²) in [4.78, 5) is 12.1. The van der Waals surface area contributed by atoms with Crippen LogP contribution in [0.2, 0.25) is 0 Å². The molecule has 0 aliphatic heterocycles. The van der Waals surface area contributed by atoms with Crippen molar-refractivity contribution in [3.63, 3.8) is 0 Å². The molecule has 2 amide bonds. The minimum absolute atomic E-state index is 0.229. The Morgan fingerprint density at radius 2 is 2.44 bits per heavy atom.